The van der Waals surface area contributed by atoms with Gasteiger partial charge in [0.15, 0.2) is 0 Å². The highest BCUT2D eigenvalue weighted by Crippen LogP contribution is 2.21. The van der Waals surface area contributed by atoms with Gasteiger partial charge in [0.2, 0.25) is 5.91 Å². The lowest BCUT2D eigenvalue weighted by Gasteiger charge is -2.31. The molecule has 1 rings (SSSR count). The smallest absolute Gasteiger partial charge is 0.234 e. The summed E-state index contributed by atoms with van der Waals surface area (Å²) >= 11 is 0. The summed E-state index contributed by atoms with van der Waals surface area (Å²) in [5.41, 5.74) is 5.38. The van der Waals surface area contributed by atoms with Gasteiger partial charge in [-0.05, 0) is 31.6 Å². The molecule has 0 heterocycles. The van der Waals surface area contributed by atoms with Crippen LogP contribution in [0.15, 0.2) is 0 Å². The van der Waals surface area contributed by atoms with E-state index in [1.807, 2.05) is 13.8 Å². The predicted molar refractivity (Wildman–Crippen MR) is 64.0 cm³/mol. The van der Waals surface area contributed by atoms with Gasteiger partial charge in [0.25, 0.3) is 0 Å². The second-order valence-electron chi connectivity index (χ2n) is 5.00. The van der Waals surface area contributed by atoms with Gasteiger partial charge in [-0.3, -0.25) is 4.79 Å². The summed E-state index contributed by atoms with van der Waals surface area (Å²) in [5.74, 6) is 0.00140. The molecule has 1 aliphatic carbocycles. The number of nitrogens with one attached hydrogen (secondary N) is 1. The molecule has 1 unspecified atom stereocenters. The fraction of sp³-hybridized carbons (Fsp3) is 0.917. The number of methoxy groups -OCH3 is 1. The highest BCUT2D eigenvalue weighted by atomic mass is 16.5. The van der Waals surface area contributed by atoms with Crippen molar-refractivity contribution in [2.75, 3.05) is 7.11 Å². The van der Waals surface area contributed by atoms with Crippen molar-refractivity contribution < 1.29 is 9.53 Å². The molecule has 16 heavy (non-hydrogen) atoms. The van der Waals surface area contributed by atoms with Gasteiger partial charge in [0.05, 0.1) is 12.1 Å². The Balaban J connectivity index is 2.39. The van der Waals surface area contributed by atoms with E-state index in [-0.39, 0.29) is 17.9 Å². The Morgan fingerprint density at radius 1 is 1.31 bits per heavy atom. The number of amides is 1. The van der Waals surface area contributed by atoms with Gasteiger partial charge in [-0.2, -0.15) is 0 Å². The normalized spacial score (nSPS) is 28.0. The summed E-state index contributed by atoms with van der Waals surface area (Å²) < 4.78 is 5.32. The number of nitrogens with two attached hydrogens (primary N) is 1. The lowest BCUT2D eigenvalue weighted by Crippen LogP contribution is -2.50. The maximum absolute atomic E-state index is 11.3. The van der Waals surface area contributed by atoms with Gasteiger partial charge >= 0.3 is 0 Å². The van der Waals surface area contributed by atoms with E-state index >= 15 is 0 Å². The minimum absolute atomic E-state index is 0.205. The van der Waals surface area contributed by atoms with Crippen LogP contribution in [0.2, 0.25) is 0 Å². The van der Waals surface area contributed by atoms with Crippen molar-refractivity contribution in [3.05, 3.63) is 0 Å². The minimum atomic E-state index is -0.246. The zero-order valence-electron chi connectivity index (χ0n) is 10.5. The van der Waals surface area contributed by atoms with Crippen molar-refractivity contribution in [3.63, 3.8) is 0 Å². The van der Waals surface area contributed by atoms with Crippen LogP contribution in [0.4, 0.5) is 0 Å². The summed E-state index contributed by atoms with van der Waals surface area (Å²) in [6, 6.07) is 0.204. The molecule has 4 nitrogen and oxygen atoms in total. The lowest BCUT2D eigenvalue weighted by atomic mass is 9.91. The largest absolute Gasteiger partial charge is 0.381 e. The molecule has 0 radical (unpaired) electrons. The van der Waals surface area contributed by atoms with Crippen LogP contribution in [-0.4, -0.2) is 31.2 Å². The highest BCUT2D eigenvalue weighted by Gasteiger charge is 2.26. The van der Waals surface area contributed by atoms with Crippen molar-refractivity contribution in [1.29, 1.82) is 0 Å². The van der Waals surface area contributed by atoms with E-state index in [1.165, 1.54) is 0 Å². The van der Waals surface area contributed by atoms with Crippen LogP contribution < -0.4 is 11.1 Å². The van der Waals surface area contributed by atoms with E-state index in [9.17, 15) is 4.79 Å². The maximum atomic E-state index is 11.3. The Labute approximate surface area is 97.9 Å². The van der Waals surface area contributed by atoms with Gasteiger partial charge in [0.1, 0.15) is 0 Å². The number of carbonyl (C=O) groups is 1. The van der Waals surface area contributed by atoms with Gasteiger partial charge in [0, 0.05) is 13.2 Å². The fourth-order valence-electron chi connectivity index (χ4n) is 2.32. The van der Waals surface area contributed by atoms with Gasteiger partial charge in [-0.25, -0.2) is 0 Å². The SMILES string of the molecule is COC1CCC(NC(C(N)=O)C(C)C)CC1. The Hall–Kier alpha value is -0.610. The molecule has 0 aliphatic heterocycles. The lowest BCUT2D eigenvalue weighted by molar-refractivity contribution is -0.121. The summed E-state index contributed by atoms with van der Waals surface area (Å²) in [5, 5.41) is 3.37. The molecule has 1 saturated carbocycles. The predicted octanol–water partition coefficient (Wildman–Crippen LogP) is 1.04. The van der Waals surface area contributed by atoms with E-state index in [1.54, 1.807) is 7.11 Å². The first-order valence-corrected chi connectivity index (χ1v) is 6.12. The molecule has 1 amide bonds. The van der Waals surface area contributed by atoms with Gasteiger partial charge < -0.3 is 15.8 Å². The zero-order valence-corrected chi connectivity index (χ0v) is 10.5. The maximum Gasteiger partial charge on any atom is 0.234 e. The number of carbonyl (C=O) groups excluding carboxylic acids is 1. The first kappa shape index (κ1) is 13.5. The third kappa shape index (κ3) is 3.76. The van der Waals surface area contributed by atoms with E-state index in [0.29, 0.717) is 12.1 Å². The van der Waals surface area contributed by atoms with Crippen molar-refractivity contribution in [2.45, 2.75) is 57.7 Å². The molecular formula is C12H24N2O2. The first-order chi connectivity index (χ1) is 7.54. The zero-order chi connectivity index (χ0) is 12.1. The minimum Gasteiger partial charge on any atom is -0.381 e. The standard InChI is InChI=1S/C12H24N2O2/c1-8(2)11(12(13)15)14-9-4-6-10(16-3)7-5-9/h8-11,14H,4-7H2,1-3H3,(H2,13,15). The summed E-state index contributed by atoms with van der Waals surface area (Å²) in [6.07, 6.45) is 4.66. The molecule has 0 bridgehead atoms. The quantitative estimate of drug-likeness (QED) is 0.739. The second-order valence-corrected chi connectivity index (χ2v) is 5.00. The van der Waals surface area contributed by atoms with E-state index in [4.69, 9.17) is 10.5 Å². The Morgan fingerprint density at radius 3 is 2.25 bits per heavy atom. The number of ether oxygens (including phenoxy) is 1. The topological polar surface area (TPSA) is 64.3 Å². The molecule has 1 aliphatic rings. The van der Waals surface area contributed by atoms with E-state index in [2.05, 4.69) is 5.32 Å². The molecule has 0 saturated heterocycles. The third-order valence-corrected chi connectivity index (χ3v) is 3.40. The fourth-order valence-corrected chi connectivity index (χ4v) is 2.32. The first-order valence-electron chi connectivity index (χ1n) is 6.12. The van der Waals surface area contributed by atoms with Crippen LogP contribution in [0.3, 0.4) is 0 Å². The summed E-state index contributed by atoms with van der Waals surface area (Å²) in [4.78, 5) is 11.3. The average Bonchev–Trinajstić information content (AvgIpc) is 2.25. The van der Waals surface area contributed by atoms with Crippen molar-refractivity contribution in [2.24, 2.45) is 11.7 Å². The van der Waals surface area contributed by atoms with Crippen LogP contribution in [0.25, 0.3) is 0 Å². The molecule has 94 valence electrons. The van der Waals surface area contributed by atoms with Crippen LogP contribution in [0, 0.1) is 5.92 Å². The van der Waals surface area contributed by atoms with Crippen molar-refractivity contribution >= 4 is 5.91 Å². The summed E-state index contributed by atoms with van der Waals surface area (Å²) in [6.45, 7) is 4.03. The molecule has 0 aromatic carbocycles. The average molecular weight is 228 g/mol. The molecule has 3 N–H and O–H groups in total. The molecule has 0 aromatic rings. The molecule has 1 atom stereocenters. The van der Waals surface area contributed by atoms with Crippen molar-refractivity contribution in [1.82, 2.24) is 5.32 Å². The molecule has 0 spiro atoms. The molecule has 4 heteroatoms. The molecular weight excluding hydrogens is 204 g/mol. The second kappa shape index (κ2) is 6.21. The van der Waals surface area contributed by atoms with E-state index < -0.39 is 0 Å². The third-order valence-electron chi connectivity index (χ3n) is 3.40. The van der Waals surface area contributed by atoms with E-state index in [0.717, 1.165) is 25.7 Å². The molecule has 1 fully saturated rings. The number of rotatable bonds is 5. The monoisotopic (exact) mass is 228 g/mol. The number of hydrogen-bond donors (Lipinski definition) is 2. The van der Waals surface area contributed by atoms with Crippen LogP contribution >= 0.6 is 0 Å². The number of hydrogen-bond acceptors (Lipinski definition) is 3. The Kier molecular flexibility index (Phi) is 5.22. The van der Waals surface area contributed by atoms with Crippen LogP contribution in [0.5, 0.6) is 0 Å². The Bertz CT molecular complexity index is 223. The molecule has 0 aromatic heterocycles. The van der Waals surface area contributed by atoms with Gasteiger partial charge in [-0.1, -0.05) is 13.8 Å². The summed E-state index contributed by atoms with van der Waals surface area (Å²) in [7, 11) is 1.76. The van der Waals surface area contributed by atoms with Crippen molar-refractivity contribution in [3.8, 4) is 0 Å². The van der Waals surface area contributed by atoms with Gasteiger partial charge in [-0.15, -0.1) is 0 Å². The number of primary amides is 1. The van der Waals surface area contributed by atoms with Crippen LogP contribution in [-0.2, 0) is 9.53 Å². The highest BCUT2D eigenvalue weighted by molar-refractivity contribution is 5.80. The Morgan fingerprint density at radius 2 is 1.88 bits per heavy atom. The van der Waals surface area contributed by atoms with Crippen LogP contribution in [0.1, 0.15) is 39.5 Å².